The molecule has 1 fully saturated rings. The molecule has 6 heteroatoms. The number of nitrogens with zero attached hydrogens (tertiary/aromatic N) is 2. The van der Waals surface area contributed by atoms with Crippen LogP contribution in [-0.4, -0.2) is 54.0 Å². The largest absolute Gasteiger partial charge is 0.489 e. The fraction of sp³-hybridized carbons (Fsp3) is 0.389. The number of likely N-dealkylation sites (tertiary alicyclic amines) is 1. The van der Waals surface area contributed by atoms with Crippen LogP contribution in [0.15, 0.2) is 36.4 Å². The van der Waals surface area contributed by atoms with Gasteiger partial charge in [-0.25, -0.2) is 4.39 Å². The van der Waals surface area contributed by atoms with Gasteiger partial charge in [0, 0.05) is 39.4 Å². The molecular weight excluding hydrogens is 309 g/mol. The number of carbonyl (C=O) groups excluding carboxylic acids is 1. The molecule has 1 unspecified atom stereocenters. The van der Waals surface area contributed by atoms with Gasteiger partial charge in [-0.1, -0.05) is 0 Å². The first-order chi connectivity index (χ1) is 11.5. The molecule has 1 aromatic carbocycles. The number of aromatic nitrogens is 1. The number of benzene rings is 1. The standard InChI is InChI=1S/C18H22FN3O2/c1-21(2)18(23)17-8-5-14(20-17)11-22-10-9-16(12-22)24-15-6-3-13(19)4-7-15/h3-8,16,20H,9-12H2,1-2H3. The normalized spacial score (nSPS) is 17.9. The van der Waals surface area contributed by atoms with Crippen molar-refractivity contribution in [2.24, 2.45) is 0 Å². The average Bonchev–Trinajstić information content (AvgIpc) is 3.19. The SMILES string of the molecule is CN(C)C(=O)c1ccc(CN2CCC(Oc3ccc(F)cc3)C2)[nH]1. The highest BCUT2D eigenvalue weighted by Gasteiger charge is 2.24. The topological polar surface area (TPSA) is 48.6 Å². The van der Waals surface area contributed by atoms with Crippen LogP contribution in [0.5, 0.6) is 5.75 Å². The van der Waals surface area contributed by atoms with Crippen LogP contribution >= 0.6 is 0 Å². The van der Waals surface area contributed by atoms with Crippen LogP contribution in [0.2, 0.25) is 0 Å². The summed E-state index contributed by atoms with van der Waals surface area (Å²) in [5.74, 6) is 0.410. The molecule has 0 spiro atoms. The molecule has 1 aromatic heterocycles. The lowest BCUT2D eigenvalue weighted by atomic mass is 10.3. The van der Waals surface area contributed by atoms with Crippen molar-refractivity contribution >= 4 is 5.91 Å². The summed E-state index contributed by atoms with van der Waals surface area (Å²) in [5.41, 5.74) is 1.62. The van der Waals surface area contributed by atoms with Crippen LogP contribution in [-0.2, 0) is 6.54 Å². The summed E-state index contributed by atoms with van der Waals surface area (Å²) >= 11 is 0. The molecule has 1 amide bonds. The zero-order valence-corrected chi connectivity index (χ0v) is 14.0. The molecule has 1 aliphatic rings. The molecule has 2 aromatic rings. The van der Waals surface area contributed by atoms with Crippen molar-refractivity contribution in [1.29, 1.82) is 0 Å². The number of carbonyl (C=O) groups is 1. The summed E-state index contributed by atoms with van der Waals surface area (Å²) in [6, 6.07) is 9.89. The Morgan fingerprint density at radius 1 is 1.29 bits per heavy atom. The van der Waals surface area contributed by atoms with Crippen molar-refractivity contribution in [3.05, 3.63) is 53.6 Å². The lowest BCUT2D eigenvalue weighted by Crippen LogP contribution is -2.25. The quantitative estimate of drug-likeness (QED) is 0.916. The number of halogens is 1. The van der Waals surface area contributed by atoms with E-state index in [2.05, 4.69) is 9.88 Å². The number of rotatable bonds is 5. The third-order valence-corrected chi connectivity index (χ3v) is 4.12. The lowest BCUT2D eigenvalue weighted by molar-refractivity contribution is 0.0822. The maximum absolute atomic E-state index is 12.9. The van der Waals surface area contributed by atoms with E-state index < -0.39 is 0 Å². The van der Waals surface area contributed by atoms with E-state index in [1.165, 1.54) is 12.1 Å². The predicted molar refractivity (Wildman–Crippen MR) is 89.5 cm³/mol. The van der Waals surface area contributed by atoms with E-state index in [0.717, 1.165) is 31.7 Å². The Morgan fingerprint density at radius 3 is 2.75 bits per heavy atom. The second-order valence-electron chi connectivity index (χ2n) is 6.31. The smallest absolute Gasteiger partial charge is 0.269 e. The van der Waals surface area contributed by atoms with Gasteiger partial charge < -0.3 is 14.6 Å². The minimum atomic E-state index is -0.259. The molecule has 1 aliphatic heterocycles. The number of H-pyrrole nitrogens is 1. The maximum Gasteiger partial charge on any atom is 0.269 e. The first kappa shape index (κ1) is 16.5. The van der Waals surface area contributed by atoms with E-state index in [1.54, 1.807) is 31.1 Å². The van der Waals surface area contributed by atoms with Crippen molar-refractivity contribution in [1.82, 2.24) is 14.8 Å². The van der Waals surface area contributed by atoms with Crippen LogP contribution in [0.4, 0.5) is 4.39 Å². The van der Waals surface area contributed by atoms with Gasteiger partial charge in [0.05, 0.1) is 0 Å². The van der Waals surface area contributed by atoms with E-state index in [4.69, 9.17) is 4.74 Å². The number of nitrogens with one attached hydrogen (secondary N) is 1. The van der Waals surface area contributed by atoms with E-state index in [-0.39, 0.29) is 17.8 Å². The monoisotopic (exact) mass is 331 g/mol. The summed E-state index contributed by atoms with van der Waals surface area (Å²) in [6.45, 7) is 2.50. The molecule has 1 N–H and O–H groups in total. The summed E-state index contributed by atoms with van der Waals surface area (Å²) in [5, 5.41) is 0. The second kappa shape index (κ2) is 7.05. The summed E-state index contributed by atoms with van der Waals surface area (Å²) in [6.07, 6.45) is 1.04. The highest BCUT2D eigenvalue weighted by Crippen LogP contribution is 2.20. The average molecular weight is 331 g/mol. The number of hydrogen-bond donors (Lipinski definition) is 1. The van der Waals surface area contributed by atoms with E-state index >= 15 is 0 Å². The first-order valence-corrected chi connectivity index (χ1v) is 8.05. The Morgan fingerprint density at radius 2 is 2.04 bits per heavy atom. The van der Waals surface area contributed by atoms with Gasteiger partial charge in [-0.05, 0) is 42.8 Å². The summed E-state index contributed by atoms with van der Waals surface area (Å²) in [7, 11) is 3.47. The molecule has 0 saturated carbocycles. The maximum atomic E-state index is 12.9. The number of ether oxygens (including phenoxy) is 1. The fourth-order valence-corrected chi connectivity index (χ4v) is 2.88. The zero-order valence-electron chi connectivity index (χ0n) is 14.0. The Bertz CT molecular complexity index is 697. The third kappa shape index (κ3) is 3.94. The Kier molecular flexibility index (Phi) is 4.85. The molecule has 2 heterocycles. The number of amides is 1. The molecule has 128 valence electrons. The van der Waals surface area contributed by atoms with Crippen LogP contribution < -0.4 is 4.74 Å². The zero-order chi connectivity index (χ0) is 17.1. The van der Waals surface area contributed by atoms with Gasteiger partial charge in [0.25, 0.3) is 5.91 Å². The van der Waals surface area contributed by atoms with Crippen LogP contribution in [0.1, 0.15) is 22.6 Å². The van der Waals surface area contributed by atoms with Crippen molar-refractivity contribution < 1.29 is 13.9 Å². The predicted octanol–water partition coefficient (Wildman–Crippen LogP) is 2.51. The van der Waals surface area contributed by atoms with E-state index in [9.17, 15) is 9.18 Å². The minimum Gasteiger partial charge on any atom is -0.489 e. The van der Waals surface area contributed by atoms with Crippen LogP contribution in [0, 0.1) is 5.82 Å². The van der Waals surface area contributed by atoms with Crippen molar-refractivity contribution in [2.45, 2.75) is 19.1 Å². The van der Waals surface area contributed by atoms with Gasteiger partial charge >= 0.3 is 0 Å². The molecule has 5 nitrogen and oxygen atoms in total. The molecule has 0 bridgehead atoms. The summed E-state index contributed by atoms with van der Waals surface area (Å²) < 4.78 is 18.8. The third-order valence-electron chi connectivity index (χ3n) is 4.12. The first-order valence-electron chi connectivity index (χ1n) is 8.05. The highest BCUT2D eigenvalue weighted by atomic mass is 19.1. The molecule has 1 saturated heterocycles. The van der Waals surface area contributed by atoms with Gasteiger partial charge in [0.15, 0.2) is 0 Å². The van der Waals surface area contributed by atoms with E-state index in [1.807, 2.05) is 12.1 Å². The molecule has 0 radical (unpaired) electrons. The van der Waals surface area contributed by atoms with Crippen molar-refractivity contribution in [3.8, 4) is 5.75 Å². The molecule has 24 heavy (non-hydrogen) atoms. The van der Waals surface area contributed by atoms with E-state index in [0.29, 0.717) is 11.4 Å². The van der Waals surface area contributed by atoms with Crippen molar-refractivity contribution in [3.63, 3.8) is 0 Å². The van der Waals surface area contributed by atoms with Gasteiger partial charge in [0.1, 0.15) is 23.4 Å². The molecule has 3 rings (SSSR count). The second-order valence-corrected chi connectivity index (χ2v) is 6.31. The van der Waals surface area contributed by atoms with Crippen LogP contribution in [0.3, 0.4) is 0 Å². The molecule has 0 aliphatic carbocycles. The number of hydrogen-bond acceptors (Lipinski definition) is 3. The van der Waals surface area contributed by atoms with Gasteiger partial charge in [-0.3, -0.25) is 9.69 Å². The van der Waals surface area contributed by atoms with Crippen LogP contribution in [0.25, 0.3) is 0 Å². The summed E-state index contributed by atoms with van der Waals surface area (Å²) in [4.78, 5) is 18.9. The Labute approximate surface area is 141 Å². The molecular formula is C18H22FN3O2. The highest BCUT2D eigenvalue weighted by molar-refractivity contribution is 5.92. The Balaban J connectivity index is 1.53. The Hall–Kier alpha value is -2.34. The lowest BCUT2D eigenvalue weighted by Gasteiger charge is -2.16. The fourth-order valence-electron chi connectivity index (χ4n) is 2.88. The van der Waals surface area contributed by atoms with Crippen molar-refractivity contribution in [2.75, 3.05) is 27.2 Å². The van der Waals surface area contributed by atoms with Gasteiger partial charge in [-0.2, -0.15) is 0 Å². The number of aromatic amines is 1. The van der Waals surface area contributed by atoms with Gasteiger partial charge in [0.2, 0.25) is 0 Å². The van der Waals surface area contributed by atoms with Gasteiger partial charge in [-0.15, -0.1) is 0 Å². The molecule has 1 atom stereocenters. The minimum absolute atomic E-state index is 0.0276.